The summed E-state index contributed by atoms with van der Waals surface area (Å²) in [5.41, 5.74) is 15.3. The van der Waals surface area contributed by atoms with Crippen LogP contribution in [0, 0.1) is 11.6 Å². The summed E-state index contributed by atoms with van der Waals surface area (Å²) >= 11 is 0. The minimum Gasteiger partial charge on any atom is -0.493 e. The lowest BCUT2D eigenvalue weighted by Gasteiger charge is -2.15. The molecule has 20 heteroatoms. The van der Waals surface area contributed by atoms with Crippen LogP contribution in [-0.2, 0) is 32.3 Å². The smallest absolute Gasteiger partial charge is 0.389 e. The van der Waals surface area contributed by atoms with E-state index in [-0.39, 0.29) is 62.3 Å². The zero-order chi connectivity index (χ0) is 53.4. The van der Waals surface area contributed by atoms with Crippen LogP contribution in [0.25, 0.3) is 23.3 Å². The average molecular weight is 1030 g/mol. The number of rotatable bonds is 21. The van der Waals surface area contributed by atoms with Gasteiger partial charge in [-0.1, -0.05) is 36.4 Å². The van der Waals surface area contributed by atoms with Crippen LogP contribution >= 0.6 is 0 Å². The van der Waals surface area contributed by atoms with E-state index in [0.29, 0.717) is 44.8 Å². The number of esters is 4. The number of ether oxygens (including phenoxy) is 6. The molecule has 0 aliphatic heterocycles. The first kappa shape index (κ1) is 54.6. The molecular formula is C54H44F8N2O10. The second-order valence-corrected chi connectivity index (χ2v) is 16.1. The Labute approximate surface area is 417 Å². The molecule has 6 aromatic carbocycles. The Balaban J connectivity index is 0.986. The van der Waals surface area contributed by atoms with E-state index in [1.165, 1.54) is 85.0 Å². The third-order valence-electron chi connectivity index (χ3n) is 10.4. The van der Waals surface area contributed by atoms with Crippen molar-refractivity contribution in [3.8, 4) is 34.1 Å². The van der Waals surface area contributed by atoms with E-state index in [1.54, 1.807) is 36.4 Å². The Morgan fingerprint density at radius 2 is 0.838 bits per heavy atom. The number of hydrogen-bond donors (Lipinski definition) is 2. The molecule has 6 aromatic rings. The summed E-state index contributed by atoms with van der Waals surface area (Å²) in [4.78, 5) is 51.0. The molecule has 0 atom stereocenters. The van der Waals surface area contributed by atoms with E-state index in [9.17, 15) is 54.3 Å². The summed E-state index contributed by atoms with van der Waals surface area (Å²) in [6, 6.07) is 28.1. The van der Waals surface area contributed by atoms with Gasteiger partial charge in [-0.25, -0.2) is 28.0 Å². The van der Waals surface area contributed by atoms with Crippen molar-refractivity contribution in [1.29, 1.82) is 0 Å². The predicted octanol–water partition coefficient (Wildman–Crippen LogP) is 12.2. The molecular weight excluding hydrogens is 989 g/mol. The van der Waals surface area contributed by atoms with Gasteiger partial charge in [0.1, 0.15) is 47.8 Å². The Hall–Kier alpha value is -8.68. The fourth-order valence-corrected chi connectivity index (χ4v) is 6.76. The van der Waals surface area contributed by atoms with Gasteiger partial charge in [0.15, 0.2) is 0 Å². The van der Waals surface area contributed by atoms with Crippen LogP contribution in [0.4, 0.5) is 46.5 Å². The first-order valence-electron chi connectivity index (χ1n) is 22.3. The number of carbonyl (C=O) groups is 4. The summed E-state index contributed by atoms with van der Waals surface area (Å²) < 4.78 is 135. The molecule has 0 aliphatic rings. The van der Waals surface area contributed by atoms with Crippen molar-refractivity contribution in [2.75, 3.05) is 24.7 Å². The van der Waals surface area contributed by atoms with Crippen molar-refractivity contribution < 1.29 is 82.7 Å². The van der Waals surface area contributed by atoms with Gasteiger partial charge in [-0.3, -0.25) is 0 Å². The maximum absolute atomic E-state index is 14.6. The van der Waals surface area contributed by atoms with Gasteiger partial charge < -0.3 is 39.9 Å². The predicted molar refractivity (Wildman–Crippen MR) is 256 cm³/mol. The number of hydrogen-bond acceptors (Lipinski definition) is 12. The van der Waals surface area contributed by atoms with E-state index in [1.807, 2.05) is 0 Å². The molecule has 386 valence electrons. The van der Waals surface area contributed by atoms with E-state index in [2.05, 4.69) is 0 Å². The lowest BCUT2D eigenvalue weighted by Crippen LogP contribution is -2.11. The second kappa shape index (κ2) is 25.1. The highest BCUT2D eigenvalue weighted by molar-refractivity contribution is 5.92. The van der Waals surface area contributed by atoms with E-state index in [0.717, 1.165) is 24.3 Å². The van der Waals surface area contributed by atoms with Crippen LogP contribution in [0.5, 0.6) is 23.0 Å². The third-order valence-corrected chi connectivity index (χ3v) is 10.4. The highest BCUT2D eigenvalue weighted by Crippen LogP contribution is 2.32. The molecule has 0 aliphatic carbocycles. The minimum atomic E-state index is -4.34. The summed E-state index contributed by atoms with van der Waals surface area (Å²) in [5, 5.41) is 0. The fourth-order valence-electron chi connectivity index (χ4n) is 6.76. The van der Waals surface area contributed by atoms with Gasteiger partial charge in [0.05, 0.1) is 24.3 Å². The Bertz CT molecular complexity index is 2810. The van der Waals surface area contributed by atoms with Crippen LogP contribution < -0.4 is 30.4 Å². The minimum absolute atomic E-state index is 0.0515. The molecule has 0 unspecified atom stereocenters. The third kappa shape index (κ3) is 17.3. The van der Waals surface area contributed by atoms with Crippen molar-refractivity contribution in [1.82, 2.24) is 0 Å². The Morgan fingerprint density at radius 1 is 0.473 bits per heavy atom. The number of nitrogens with two attached hydrogens (primary N) is 2. The van der Waals surface area contributed by atoms with Crippen molar-refractivity contribution in [2.45, 2.75) is 51.2 Å². The summed E-state index contributed by atoms with van der Waals surface area (Å²) in [5.74, 6) is -5.49. The lowest BCUT2D eigenvalue weighted by molar-refractivity contribution is -0.139. The molecule has 0 fully saturated rings. The van der Waals surface area contributed by atoms with E-state index in [4.69, 9.17) is 39.9 Å². The number of nitrogen functional groups attached to an aromatic ring is 2. The fraction of sp³-hybridized carbons (Fsp3) is 0.185. The second-order valence-electron chi connectivity index (χ2n) is 16.1. The van der Waals surface area contributed by atoms with Crippen LogP contribution in [0.1, 0.15) is 68.7 Å². The first-order valence-corrected chi connectivity index (χ1v) is 22.3. The zero-order valence-electron chi connectivity index (χ0n) is 38.8. The van der Waals surface area contributed by atoms with Gasteiger partial charge >= 0.3 is 36.2 Å². The molecule has 0 heterocycles. The van der Waals surface area contributed by atoms with Crippen molar-refractivity contribution in [3.63, 3.8) is 0 Å². The number of alkyl halides is 6. The average Bonchev–Trinajstić information content (AvgIpc) is 3.34. The summed E-state index contributed by atoms with van der Waals surface area (Å²) in [7, 11) is 0. The highest BCUT2D eigenvalue weighted by Gasteiger charge is 2.27. The van der Waals surface area contributed by atoms with Crippen LogP contribution in [0.3, 0.4) is 0 Å². The molecule has 0 bridgehead atoms. The molecule has 0 saturated heterocycles. The molecule has 12 nitrogen and oxygen atoms in total. The van der Waals surface area contributed by atoms with E-state index >= 15 is 0 Å². The zero-order valence-corrected chi connectivity index (χ0v) is 38.8. The molecule has 0 saturated carbocycles. The van der Waals surface area contributed by atoms with Gasteiger partial charge in [-0.15, -0.1) is 0 Å². The van der Waals surface area contributed by atoms with Crippen molar-refractivity contribution >= 4 is 47.4 Å². The monoisotopic (exact) mass is 1030 g/mol. The maximum Gasteiger partial charge on any atom is 0.389 e. The largest absolute Gasteiger partial charge is 0.493 e. The van der Waals surface area contributed by atoms with Gasteiger partial charge in [0.2, 0.25) is 0 Å². The van der Waals surface area contributed by atoms with E-state index < -0.39 is 71.8 Å². The van der Waals surface area contributed by atoms with Crippen LogP contribution in [-0.4, -0.2) is 49.4 Å². The van der Waals surface area contributed by atoms with Gasteiger partial charge in [0.25, 0.3) is 0 Å². The van der Waals surface area contributed by atoms with Crippen LogP contribution in [0.2, 0.25) is 0 Å². The lowest BCUT2D eigenvalue weighted by atomic mass is 9.95. The summed E-state index contributed by atoms with van der Waals surface area (Å²) in [6.45, 7) is -1.03. The first-order chi connectivity index (χ1) is 35.2. The van der Waals surface area contributed by atoms with Crippen molar-refractivity contribution in [3.05, 3.63) is 178 Å². The summed E-state index contributed by atoms with van der Waals surface area (Å²) in [6.07, 6.45) is -6.22. The quantitative estimate of drug-likeness (QED) is 0.0174. The number of halogens is 8. The molecule has 74 heavy (non-hydrogen) atoms. The van der Waals surface area contributed by atoms with Crippen LogP contribution in [0.15, 0.2) is 133 Å². The van der Waals surface area contributed by atoms with Gasteiger partial charge in [0, 0.05) is 48.5 Å². The normalized spacial score (nSPS) is 11.6. The molecule has 4 N–H and O–H groups in total. The maximum atomic E-state index is 14.6. The molecule has 0 radical (unpaired) electrons. The molecule has 0 aromatic heterocycles. The van der Waals surface area contributed by atoms with Gasteiger partial charge in [-0.2, -0.15) is 26.3 Å². The van der Waals surface area contributed by atoms with Crippen molar-refractivity contribution in [2.24, 2.45) is 0 Å². The highest BCUT2D eigenvalue weighted by atomic mass is 19.4. The molecule has 0 amide bonds. The molecule has 0 spiro atoms. The molecule has 6 rings (SSSR count). The topological polar surface area (TPSA) is 176 Å². The standard InChI is InChI=1S/C54H44F8N2O10/c55-47-29-41(69-25-1-23-53(57,58)59)15-19-45(47)51(67)73-39-11-3-33(4-12-39)7-21-49(65)71-31-35-27-37(63)9-17-43(35)44-18-10-38(64)28-36(44)32-72-50(66)22-8-34-5-13-40(14-6-34)74-52(68)46-20-16-42(30-48(46)56)70-26-2-24-54(60,61)62/h3-22,27-30H,1-2,23-26,31-32,63-64H2. The number of carbonyl (C=O) groups excluding carboxylic acids is 4. The SMILES string of the molecule is Nc1ccc(-c2ccc(N)cc2COC(=O)C=Cc2ccc(OC(=O)c3ccc(OCCCC(F)(F)F)cc3F)cc2)c(COC(=O)C=Cc2ccc(OC(=O)c3ccc(OCCCC(F)(F)F)cc3F)cc2)c1. The Morgan fingerprint density at radius 3 is 1.19 bits per heavy atom. The number of anilines is 2. The van der Waals surface area contributed by atoms with Gasteiger partial charge in [-0.05, 0) is 131 Å². The Kier molecular flexibility index (Phi) is 18.6. The number of benzene rings is 6.